The zero-order valence-corrected chi connectivity index (χ0v) is 11.2. The molecule has 0 spiro atoms. The fraction of sp³-hybridized carbons (Fsp3) is 0.571. The molecular formula is C14H19NO3. The molecule has 1 aliphatic heterocycles. The van der Waals surface area contributed by atoms with E-state index in [1.807, 2.05) is 13.8 Å². The highest BCUT2D eigenvalue weighted by Gasteiger charge is 2.25. The summed E-state index contributed by atoms with van der Waals surface area (Å²) in [5, 5.41) is 0. The Bertz CT molecular complexity index is 469. The van der Waals surface area contributed by atoms with Gasteiger partial charge < -0.3 is 9.47 Å². The summed E-state index contributed by atoms with van der Waals surface area (Å²) in [6.45, 7) is 7.45. The van der Waals surface area contributed by atoms with Crippen molar-refractivity contribution in [3.8, 4) is 0 Å². The molecule has 0 N–H and O–H groups in total. The third-order valence-electron chi connectivity index (χ3n) is 3.26. The summed E-state index contributed by atoms with van der Waals surface area (Å²) in [6, 6.07) is 0. The predicted molar refractivity (Wildman–Crippen MR) is 67.4 cm³/mol. The first-order valence-corrected chi connectivity index (χ1v) is 6.51. The van der Waals surface area contributed by atoms with E-state index in [-0.39, 0.29) is 5.97 Å². The summed E-state index contributed by atoms with van der Waals surface area (Å²) in [5.41, 5.74) is 4.73. The van der Waals surface area contributed by atoms with Gasteiger partial charge in [0, 0.05) is 11.3 Å². The number of carbonyl (C=O) groups excluding carboxylic acids is 1. The number of rotatable bonds is 4. The maximum Gasteiger partial charge on any atom is 0.357 e. The van der Waals surface area contributed by atoms with Gasteiger partial charge in [-0.25, -0.2) is 9.78 Å². The van der Waals surface area contributed by atoms with Crippen LogP contribution in [0.1, 0.15) is 53.6 Å². The molecule has 0 bridgehead atoms. The zero-order chi connectivity index (χ0) is 13.1. The highest BCUT2D eigenvalue weighted by atomic mass is 16.5. The van der Waals surface area contributed by atoms with Crippen molar-refractivity contribution < 1.29 is 14.3 Å². The van der Waals surface area contributed by atoms with Gasteiger partial charge in [0.1, 0.15) is 0 Å². The number of ether oxygens (including phenoxy) is 2. The summed E-state index contributed by atoms with van der Waals surface area (Å²) < 4.78 is 10.6. The number of hydrogen-bond donors (Lipinski definition) is 0. The lowest BCUT2D eigenvalue weighted by Gasteiger charge is -2.13. The van der Waals surface area contributed by atoms with Crippen LogP contribution in [0.25, 0.3) is 0 Å². The molecule has 2 rings (SSSR count). The summed E-state index contributed by atoms with van der Waals surface area (Å²) in [5.74, 6) is -0.321. The Morgan fingerprint density at radius 1 is 1.22 bits per heavy atom. The van der Waals surface area contributed by atoms with Crippen LogP contribution in [0, 0.1) is 0 Å². The molecule has 0 atom stereocenters. The van der Waals surface area contributed by atoms with Crippen LogP contribution in [-0.2, 0) is 35.5 Å². The molecule has 18 heavy (non-hydrogen) atoms. The molecule has 98 valence electrons. The maximum atomic E-state index is 12.0. The van der Waals surface area contributed by atoms with E-state index in [1.165, 1.54) is 5.56 Å². The van der Waals surface area contributed by atoms with E-state index < -0.39 is 0 Å². The number of hydrogen-bond acceptors (Lipinski definition) is 4. The maximum absolute atomic E-state index is 12.0. The minimum Gasteiger partial charge on any atom is -0.461 e. The van der Waals surface area contributed by atoms with Gasteiger partial charge in [0.2, 0.25) is 0 Å². The largest absolute Gasteiger partial charge is 0.461 e. The lowest BCUT2D eigenvalue weighted by Crippen LogP contribution is -2.15. The van der Waals surface area contributed by atoms with Crippen molar-refractivity contribution in [3.05, 3.63) is 28.1 Å². The monoisotopic (exact) mass is 249 g/mol. The van der Waals surface area contributed by atoms with E-state index in [0.29, 0.717) is 25.5 Å². The molecule has 0 aromatic carbocycles. The van der Waals surface area contributed by atoms with Gasteiger partial charge in [0.15, 0.2) is 5.69 Å². The Kier molecular flexibility index (Phi) is 3.97. The second kappa shape index (κ2) is 5.48. The molecule has 0 saturated heterocycles. The molecule has 0 amide bonds. The van der Waals surface area contributed by atoms with Crippen molar-refractivity contribution in [2.75, 3.05) is 6.61 Å². The molecule has 0 fully saturated rings. The Hall–Kier alpha value is -1.42. The first-order valence-electron chi connectivity index (χ1n) is 6.51. The molecule has 0 radical (unpaired) electrons. The van der Waals surface area contributed by atoms with Crippen molar-refractivity contribution in [2.45, 2.75) is 46.8 Å². The second-order valence-corrected chi connectivity index (χ2v) is 4.26. The SMILES string of the molecule is CCOC(=O)c1nc(CC)c2c(c1CC)COC2. The van der Waals surface area contributed by atoms with Gasteiger partial charge >= 0.3 is 5.97 Å². The number of aromatic nitrogens is 1. The van der Waals surface area contributed by atoms with Gasteiger partial charge in [0.05, 0.1) is 19.8 Å². The van der Waals surface area contributed by atoms with E-state index in [9.17, 15) is 4.79 Å². The second-order valence-electron chi connectivity index (χ2n) is 4.26. The third kappa shape index (κ3) is 2.12. The van der Waals surface area contributed by atoms with Gasteiger partial charge in [-0.1, -0.05) is 13.8 Å². The van der Waals surface area contributed by atoms with E-state index >= 15 is 0 Å². The first-order chi connectivity index (χ1) is 8.72. The first kappa shape index (κ1) is 13.0. The van der Waals surface area contributed by atoms with Crippen LogP contribution in [-0.4, -0.2) is 17.6 Å². The summed E-state index contributed by atoms with van der Waals surface area (Å²) >= 11 is 0. The van der Waals surface area contributed by atoms with Crippen molar-refractivity contribution in [1.29, 1.82) is 0 Å². The molecular weight excluding hydrogens is 230 g/mol. The zero-order valence-electron chi connectivity index (χ0n) is 11.2. The van der Waals surface area contributed by atoms with E-state index in [1.54, 1.807) is 6.92 Å². The summed E-state index contributed by atoms with van der Waals surface area (Å²) in [7, 11) is 0. The Morgan fingerprint density at radius 3 is 2.56 bits per heavy atom. The average molecular weight is 249 g/mol. The highest BCUT2D eigenvalue weighted by molar-refractivity contribution is 5.89. The molecule has 2 heterocycles. The average Bonchev–Trinajstić information content (AvgIpc) is 2.86. The van der Waals surface area contributed by atoms with Crippen molar-refractivity contribution in [1.82, 2.24) is 4.98 Å². The smallest absolute Gasteiger partial charge is 0.357 e. The minimum absolute atomic E-state index is 0.321. The Morgan fingerprint density at radius 2 is 1.94 bits per heavy atom. The van der Waals surface area contributed by atoms with Gasteiger partial charge in [-0.2, -0.15) is 0 Å². The van der Waals surface area contributed by atoms with E-state index in [2.05, 4.69) is 4.98 Å². The molecule has 1 aliphatic rings. The van der Waals surface area contributed by atoms with Crippen LogP contribution in [0.2, 0.25) is 0 Å². The molecule has 0 saturated carbocycles. The van der Waals surface area contributed by atoms with Crippen LogP contribution in [0.5, 0.6) is 0 Å². The number of nitrogens with zero attached hydrogens (tertiary/aromatic N) is 1. The van der Waals surface area contributed by atoms with Gasteiger partial charge in [0.25, 0.3) is 0 Å². The predicted octanol–water partition coefficient (Wildman–Crippen LogP) is 2.41. The van der Waals surface area contributed by atoms with Crippen molar-refractivity contribution in [3.63, 3.8) is 0 Å². The molecule has 0 aliphatic carbocycles. The summed E-state index contributed by atoms with van der Waals surface area (Å²) in [4.78, 5) is 16.5. The van der Waals surface area contributed by atoms with Crippen LogP contribution in [0.15, 0.2) is 0 Å². The Labute approximate surface area is 107 Å². The van der Waals surface area contributed by atoms with E-state index in [0.717, 1.165) is 29.7 Å². The fourth-order valence-corrected chi connectivity index (χ4v) is 2.41. The number of carbonyl (C=O) groups is 1. The number of aryl methyl sites for hydroxylation is 1. The minimum atomic E-state index is -0.321. The van der Waals surface area contributed by atoms with Gasteiger partial charge in [-0.05, 0) is 30.9 Å². The van der Waals surface area contributed by atoms with Crippen molar-refractivity contribution in [2.24, 2.45) is 0 Å². The Balaban J connectivity index is 2.55. The summed E-state index contributed by atoms with van der Waals surface area (Å²) in [6.07, 6.45) is 1.58. The number of fused-ring (bicyclic) bond motifs is 1. The lowest BCUT2D eigenvalue weighted by atomic mass is 9.97. The molecule has 0 unspecified atom stereocenters. The standard InChI is InChI=1S/C14H19NO3/c1-4-9-10-7-17-8-11(10)12(5-2)15-13(9)14(16)18-6-3/h4-8H2,1-3H3. The lowest BCUT2D eigenvalue weighted by molar-refractivity contribution is 0.0517. The molecule has 1 aromatic rings. The van der Waals surface area contributed by atoms with Crippen LogP contribution >= 0.6 is 0 Å². The highest BCUT2D eigenvalue weighted by Crippen LogP contribution is 2.29. The molecule has 4 heteroatoms. The number of pyridine rings is 1. The third-order valence-corrected chi connectivity index (χ3v) is 3.26. The van der Waals surface area contributed by atoms with Crippen molar-refractivity contribution >= 4 is 5.97 Å². The normalized spacial score (nSPS) is 13.5. The van der Waals surface area contributed by atoms with Gasteiger partial charge in [-0.15, -0.1) is 0 Å². The van der Waals surface area contributed by atoms with Crippen LogP contribution < -0.4 is 0 Å². The van der Waals surface area contributed by atoms with E-state index in [4.69, 9.17) is 9.47 Å². The van der Waals surface area contributed by atoms with Crippen LogP contribution in [0.4, 0.5) is 0 Å². The molecule has 4 nitrogen and oxygen atoms in total. The quantitative estimate of drug-likeness (QED) is 0.769. The topological polar surface area (TPSA) is 48.4 Å². The van der Waals surface area contributed by atoms with Gasteiger partial charge in [-0.3, -0.25) is 0 Å². The molecule has 1 aromatic heterocycles. The number of esters is 1. The fourth-order valence-electron chi connectivity index (χ4n) is 2.41. The van der Waals surface area contributed by atoms with Crippen LogP contribution in [0.3, 0.4) is 0 Å².